The van der Waals surface area contributed by atoms with Crippen molar-refractivity contribution < 1.29 is 4.42 Å². The van der Waals surface area contributed by atoms with E-state index in [1.54, 1.807) is 6.26 Å². The number of nitrogens with two attached hydrogens (primary N) is 1. The van der Waals surface area contributed by atoms with Gasteiger partial charge in [0, 0.05) is 31.2 Å². The first-order valence-electron chi connectivity index (χ1n) is 8.68. The molecule has 1 saturated heterocycles. The molecule has 1 aliphatic heterocycles. The van der Waals surface area contributed by atoms with E-state index < -0.39 is 0 Å². The third-order valence-corrected chi connectivity index (χ3v) is 5.47. The number of fused-ring (bicyclic) bond motifs is 1. The molecule has 2 aromatic rings. The summed E-state index contributed by atoms with van der Waals surface area (Å²) in [5, 5.41) is 0. The highest BCUT2D eigenvalue weighted by molar-refractivity contribution is 5.53. The summed E-state index contributed by atoms with van der Waals surface area (Å²) in [6.45, 7) is 5.22. The Hall–Kier alpha value is -1.65. The number of hydrogen-bond donors (Lipinski definition) is 1. The highest BCUT2D eigenvalue weighted by Gasteiger charge is 2.38. The molecule has 4 nitrogen and oxygen atoms in total. The summed E-state index contributed by atoms with van der Waals surface area (Å²) in [6.07, 6.45) is 5.62. The van der Waals surface area contributed by atoms with Crippen LogP contribution in [0, 0.1) is 18.8 Å². The van der Waals surface area contributed by atoms with Gasteiger partial charge in [-0.25, -0.2) is 4.98 Å². The zero-order valence-corrected chi connectivity index (χ0v) is 13.7. The summed E-state index contributed by atoms with van der Waals surface area (Å²) in [6, 6.07) is 8.69. The van der Waals surface area contributed by atoms with Gasteiger partial charge in [-0.05, 0) is 43.7 Å². The maximum absolute atomic E-state index is 6.31. The van der Waals surface area contributed by atoms with Crippen molar-refractivity contribution in [1.82, 2.24) is 9.88 Å². The first-order valence-corrected chi connectivity index (χ1v) is 8.68. The Bertz CT molecular complexity index is 664. The average molecular weight is 311 g/mol. The molecule has 1 aromatic carbocycles. The Kier molecular flexibility index (Phi) is 3.95. The van der Waals surface area contributed by atoms with E-state index >= 15 is 0 Å². The standard InChI is InChI=1S/C19H25N3O/c1-13-5-7-14(8-6-13)19-21-16(12-23-19)10-22-9-15-3-2-4-18(20)17(15)11-22/h5-8,12,15,17-18H,2-4,9-11,20H2,1H3. The number of nitrogens with zero attached hydrogens (tertiary/aromatic N) is 2. The number of aromatic nitrogens is 1. The summed E-state index contributed by atoms with van der Waals surface area (Å²) in [7, 11) is 0. The first kappa shape index (κ1) is 14.9. The summed E-state index contributed by atoms with van der Waals surface area (Å²) >= 11 is 0. The van der Waals surface area contributed by atoms with Gasteiger partial charge in [-0.15, -0.1) is 0 Å². The first-order chi connectivity index (χ1) is 11.2. The van der Waals surface area contributed by atoms with E-state index in [4.69, 9.17) is 10.2 Å². The number of oxazole rings is 1. The van der Waals surface area contributed by atoms with Gasteiger partial charge in [0.1, 0.15) is 6.26 Å². The molecule has 0 bridgehead atoms. The van der Waals surface area contributed by atoms with Crippen molar-refractivity contribution in [2.75, 3.05) is 13.1 Å². The minimum atomic E-state index is 0.388. The molecule has 3 unspecified atom stereocenters. The fourth-order valence-electron chi connectivity index (χ4n) is 4.18. The van der Waals surface area contributed by atoms with Crippen LogP contribution < -0.4 is 5.73 Å². The van der Waals surface area contributed by atoms with Crippen LogP contribution in [0.4, 0.5) is 0 Å². The number of hydrogen-bond acceptors (Lipinski definition) is 4. The molecule has 0 spiro atoms. The van der Waals surface area contributed by atoms with Crippen LogP contribution in [0.1, 0.15) is 30.5 Å². The van der Waals surface area contributed by atoms with Gasteiger partial charge in [-0.1, -0.05) is 24.1 Å². The molecule has 4 heteroatoms. The van der Waals surface area contributed by atoms with E-state index in [-0.39, 0.29) is 0 Å². The Morgan fingerprint density at radius 3 is 2.83 bits per heavy atom. The van der Waals surface area contributed by atoms with E-state index in [0.29, 0.717) is 17.9 Å². The van der Waals surface area contributed by atoms with E-state index in [1.165, 1.54) is 24.8 Å². The molecule has 122 valence electrons. The quantitative estimate of drug-likeness (QED) is 0.945. The lowest BCUT2D eigenvalue weighted by molar-refractivity contribution is 0.259. The number of rotatable bonds is 3. The molecule has 1 saturated carbocycles. The lowest BCUT2D eigenvalue weighted by Gasteiger charge is -2.29. The fourth-order valence-corrected chi connectivity index (χ4v) is 4.18. The van der Waals surface area contributed by atoms with Gasteiger partial charge in [0.05, 0.1) is 5.69 Å². The second-order valence-electron chi connectivity index (χ2n) is 7.22. The van der Waals surface area contributed by atoms with E-state index in [9.17, 15) is 0 Å². The largest absolute Gasteiger partial charge is 0.444 e. The van der Waals surface area contributed by atoms with Gasteiger partial charge < -0.3 is 10.2 Å². The second kappa shape index (κ2) is 6.10. The maximum atomic E-state index is 6.31. The third kappa shape index (κ3) is 3.06. The van der Waals surface area contributed by atoms with Crippen LogP contribution in [0.2, 0.25) is 0 Å². The van der Waals surface area contributed by atoms with Crippen molar-refractivity contribution in [2.45, 2.75) is 38.8 Å². The van der Waals surface area contributed by atoms with Gasteiger partial charge >= 0.3 is 0 Å². The Balaban J connectivity index is 1.43. The van der Waals surface area contributed by atoms with Gasteiger partial charge in [0.15, 0.2) is 0 Å². The summed E-state index contributed by atoms with van der Waals surface area (Å²) in [4.78, 5) is 7.17. The third-order valence-electron chi connectivity index (χ3n) is 5.47. The molecule has 23 heavy (non-hydrogen) atoms. The molecule has 0 radical (unpaired) electrons. The summed E-state index contributed by atoms with van der Waals surface area (Å²) in [5.41, 5.74) is 9.62. The molecule has 4 rings (SSSR count). The normalized spacial score (nSPS) is 28.0. The Morgan fingerprint density at radius 2 is 2.04 bits per heavy atom. The molecule has 3 atom stereocenters. The molecular formula is C19H25N3O. The lowest BCUT2D eigenvalue weighted by atomic mass is 9.78. The number of aryl methyl sites for hydroxylation is 1. The summed E-state index contributed by atoms with van der Waals surface area (Å²) < 4.78 is 5.68. The van der Waals surface area contributed by atoms with Crippen LogP contribution in [0.25, 0.3) is 11.5 Å². The van der Waals surface area contributed by atoms with E-state index in [0.717, 1.165) is 36.8 Å². The van der Waals surface area contributed by atoms with Crippen molar-refractivity contribution in [3.8, 4) is 11.5 Å². The molecule has 0 amide bonds. The monoisotopic (exact) mass is 311 g/mol. The predicted molar refractivity (Wildman–Crippen MR) is 90.8 cm³/mol. The van der Waals surface area contributed by atoms with E-state index in [1.807, 2.05) is 0 Å². The van der Waals surface area contributed by atoms with Crippen molar-refractivity contribution >= 4 is 0 Å². The minimum Gasteiger partial charge on any atom is -0.444 e. The minimum absolute atomic E-state index is 0.388. The van der Waals surface area contributed by atoms with Crippen LogP contribution in [-0.2, 0) is 6.54 Å². The van der Waals surface area contributed by atoms with Crippen LogP contribution in [-0.4, -0.2) is 29.0 Å². The summed E-state index contributed by atoms with van der Waals surface area (Å²) in [5.74, 6) is 2.17. The van der Waals surface area contributed by atoms with Crippen molar-refractivity contribution in [1.29, 1.82) is 0 Å². The zero-order valence-electron chi connectivity index (χ0n) is 13.7. The smallest absolute Gasteiger partial charge is 0.226 e. The Labute approximate surface area is 137 Å². The van der Waals surface area contributed by atoms with Gasteiger partial charge in [-0.3, -0.25) is 4.90 Å². The predicted octanol–water partition coefficient (Wildman–Crippen LogP) is 3.21. The van der Waals surface area contributed by atoms with Crippen LogP contribution in [0.5, 0.6) is 0 Å². The van der Waals surface area contributed by atoms with Crippen LogP contribution in [0.3, 0.4) is 0 Å². The molecule has 2 heterocycles. The average Bonchev–Trinajstić information content (AvgIpc) is 3.16. The SMILES string of the molecule is Cc1ccc(-c2nc(CN3CC4CCCC(N)C4C3)co2)cc1. The lowest BCUT2D eigenvalue weighted by Crippen LogP contribution is -2.38. The highest BCUT2D eigenvalue weighted by Crippen LogP contribution is 2.36. The molecular weight excluding hydrogens is 286 g/mol. The molecule has 2 N–H and O–H groups in total. The fraction of sp³-hybridized carbons (Fsp3) is 0.526. The topological polar surface area (TPSA) is 55.3 Å². The van der Waals surface area contributed by atoms with Crippen molar-refractivity contribution in [3.05, 3.63) is 41.8 Å². The van der Waals surface area contributed by atoms with Crippen molar-refractivity contribution in [3.63, 3.8) is 0 Å². The zero-order chi connectivity index (χ0) is 15.8. The van der Waals surface area contributed by atoms with Crippen LogP contribution >= 0.6 is 0 Å². The van der Waals surface area contributed by atoms with Gasteiger partial charge in [0.25, 0.3) is 0 Å². The highest BCUT2D eigenvalue weighted by atomic mass is 16.3. The maximum Gasteiger partial charge on any atom is 0.226 e. The number of benzene rings is 1. The van der Waals surface area contributed by atoms with Gasteiger partial charge in [-0.2, -0.15) is 0 Å². The number of likely N-dealkylation sites (tertiary alicyclic amines) is 1. The van der Waals surface area contributed by atoms with Crippen LogP contribution in [0.15, 0.2) is 34.9 Å². The molecule has 1 aromatic heterocycles. The second-order valence-corrected chi connectivity index (χ2v) is 7.22. The molecule has 2 aliphatic rings. The van der Waals surface area contributed by atoms with Gasteiger partial charge in [0.2, 0.25) is 5.89 Å². The molecule has 1 aliphatic carbocycles. The van der Waals surface area contributed by atoms with E-state index in [2.05, 4.69) is 41.1 Å². The molecule has 2 fully saturated rings. The van der Waals surface area contributed by atoms with Crippen molar-refractivity contribution in [2.24, 2.45) is 17.6 Å². The Morgan fingerprint density at radius 1 is 1.22 bits per heavy atom.